The van der Waals surface area contributed by atoms with Gasteiger partial charge in [-0.25, -0.2) is 9.66 Å². The zero-order chi connectivity index (χ0) is 24.4. The van der Waals surface area contributed by atoms with E-state index in [0.717, 1.165) is 11.8 Å². The Morgan fingerprint density at radius 1 is 1.26 bits per heavy atom. The monoisotopic (exact) mass is 535 g/mol. The van der Waals surface area contributed by atoms with Crippen molar-refractivity contribution >= 4 is 63.0 Å². The van der Waals surface area contributed by atoms with E-state index in [0.29, 0.717) is 48.5 Å². The Balaban J connectivity index is 1.40. The second-order valence-corrected chi connectivity index (χ2v) is 9.58. The fraction of sp³-hybridized carbons (Fsp3) is 0.100. The summed E-state index contributed by atoms with van der Waals surface area (Å²) in [7, 11) is 0. The summed E-state index contributed by atoms with van der Waals surface area (Å²) >= 11 is 14.4. The molecule has 0 spiro atoms. The first-order chi connectivity index (χ1) is 16.2. The van der Waals surface area contributed by atoms with Crippen LogP contribution in [0.2, 0.25) is 10.0 Å². The van der Waals surface area contributed by atoms with Gasteiger partial charge in [-0.2, -0.15) is 0 Å². The first-order valence-electron chi connectivity index (χ1n) is 9.52. The van der Waals surface area contributed by atoms with Gasteiger partial charge in [0, 0.05) is 33.2 Å². The van der Waals surface area contributed by atoms with Gasteiger partial charge < -0.3 is 11.2 Å². The van der Waals surface area contributed by atoms with Crippen LogP contribution in [0.5, 0.6) is 0 Å². The number of carbonyl (C=O) groups excluding carboxylic acids is 1. The van der Waals surface area contributed by atoms with E-state index in [-0.39, 0.29) is 17.3 Å². The summed E-state index contributed by atoms with van der Waals surface area (Å²) in [6, 6.07) is 9.79. The molecule has 0 unspecified atom stereocenters. The SMILES string of the molecule is Cc1ccc(-c2csc(NC(=O)CSc3nnc(-c4ccc(Cl)cc4Cl)n3N)n2)cc1[N+](=O)[O-]. The summed E-state index contributed by atoms with van der Waals surface area (Å²) in [6.07, 6.45) is 0. The Kier molecular flexibility index (Phi) is 7.03. The van der Waals surface area contributed by atoms with Gasteiger partial charge in [-0.15, -0.1) is 21.5 Å². The fourth-order valence-corrected chi connectivity index (χ4v) is 4.83. The number of halogens is 2. The number of hydrogen-bond acceptors (Lipinski definition) is 9. The van der Waals surface area contributed by atoms with Crippen LogP contribution in [-0.4, -0.2) is 36.4 Å². The predicted molar refractivity (Wildman–Crippen MR) is 134 cm³/mol. The van der Waals surface area contributed by atoms with E-state index in [1.807, 2.05) is 0 Å². The molecule has 2 aromatic heterocycles. The summed E-state index contributed by atoms with van der Waals surface area (Å²) in [5.74, 6) is 6.10. The molecule has 14 heteroatoms. The van der Waals surface area contributed by atoms with Crippen LogP contribution in [0, 0.1) is 17.0 Å². The first-order valence-corrected chi connectivity index (χ1v) is 12.1. The molecule has 0 aliphatic rings. The number of thiazole rings is 1. The van der Waals surface area contributed by atoms with Gasteiger partial charge in [0.2, 0.25) is 11.1 Å². The van der Waals surface area contributed by atoms with E-state index < -0.39 is 4.92 Å². The van der Waals surface area contributed by atoms with E-state index in [4.69, 9.17) is 29.0 Å². The van der Waals surface area contributed by atoms with E-state index in [2.05, 4.69) is 20.5 Å². The van der Waals surface area contributed by atoms with Gasteiger partial charge in [0.1, 0.15) is 0 Å². The molecule has 174 valence electrons. The van der Waals surface area contributed by atoms with Gasteiger partial charge in [-0.05, 0) is 25.1 Å². The Morgan fingerprint density at radius 2 is 2.06 bits per heavy atom. The highest BCUT2D eigenvalue weighted by atomic mass is 35.5. The molecule has 34 heavy (non-hydrogen) atoms. The summed E-state index contributed by atoms with van der Waals surface area (Å²) < 4.78 is 1.25. The van der Waals surface area contributed by atoms with Gasteiger partial charge in [0.15, 0.2) is 11.0 Å². The molecule has 3 N–H and O–H groups in total. The number of nitro benzene ring substituents is 1. The largest absolute Gasteiger partial charge is 0.335 e. The van der Waals surface area contributed by atoms with Crippen LogP contribution in [0.4, 0.5) is 10.8 Å². The lowest BCUT2D eigenvalue weighted by molar-refractivity contribution is -0.385. The van der Waals surface area contributed by atoms with Crippen molar-refractivity contribution in [2.24, 2.45) is 0 Å². The molecule has 0 aliphatic heterocycles. The molecule has 10 nitrogen and oxygen atoms in total. The zero-order valence-electron chi connectivity index (χ0n) is 17.4. The molecular formula is C20H15Cl2N7O3S2. The number of aryl methyl sites for hydroxylation is 1. The molecular weight excluding hydrogens is 521 g/mol. The summed E-state index contributed by atoms with van der Waals surface area (Å²) in [5.41, 5.74) is 2.25. The van der Waals surface area contributed by atoms with Gasteiger partial charge >= 0.3 is 0 Å². The number of thioether (sulfide) groups is 1. The smallest absolute Gasteiger partial charge is 0.272 e. The average Bonchev–Trinajstić information content (AvgIpc) is 3.39. The van der Waals surface area contributed by atoms with Crippen LogP contribution in [0.25, 0.3) is 22.6 Å². The standard InChI is InChI=1S/C20H15Cl2N7O3S2/c1-10-2-3-11(6-16(10)29(31)32)15-8-33-19(24-15)25-17(30)9-34-20-27-26-18(28(20)23)13-5-4-12(21)7-14(13)22/h2-8H,9,23H2,1H3,(H,24,25,30). The van der Waals surface area contributed by atoms with Crippen molar-refractivity contribution in [3.63, 3.8) is 0 Å². The molecule has 4 rings (SSSR count). The highest BCUT2D eigenvalue weighted by molar-refractivity contribution is 7.99. The molecule has 0 aliphatic carbocycles. The average molecular weight is 536 g/mol. The number of nitro groups is 1. The third-order valence-electron chi connectivity index (χ3n) is 4.62. The van der Waals surface area contributed by atoms with Crippen molar-refractivity contribution in [1.82, 2.24) is 19.9 Å². The summed E-state index contributed by atoms with van der Waals surface area (Å²) in [5, 5.41) is 25.2. The number of hydrogen-bond donors (Lipinski definition) is 2. The third-order valence-corrected chi connectivity index (χ3v) is 6.87. The van der Waals surface area contributed by atoms with Crippen LogP contribution in [0.3, 0.4) is 0 Å². The maximum Gasteiger partial charge on any atom is 0.272 e. The number of rotatable bonds is 7. The van der Waals surface area contributed by atoms with Crippen LogP contribution < -0.4 is 11.2 Å². The first kappa shape index (κ1) is 24.0. The molecule has 0 radical (unpaired) electrons. The fourth-order valence-electron chi connectivity index (χ4n) is 2.94. The van der Waals surface area contributed by atoms with Crippen molar-refractivity contribution in [3.8, 4) is 22.6 Å². The number of carbonyl (C=O) groups is 1. The quantitative estimate of drug-likeness (QED) is 0.145. The molecule has 2 heterocycles. The van der Waals surface area contributed by atoms with Crippen molar-refractivity contribution in [1.29, 1.82) is 0 Å². The van der Waals surface area contributed by atoms with Crippen molar-refractivity contribution in [2.75, 3.05) is 16.9 Å². The Labute approximate surface area is 211 Å². The molecule has 0 bridgehead atoms. The number of nitrogens with one attached hydrogen (secondary N) is 1. The second kappa shape index (κ2) is 9.97. The van der Waals surface area contributed by atoms with Crippen molar-refractivity contribution < 1.29 is 9.72 Å². The lowest BCUT2D eigenvalue weighted by atomic mass is 10.1. The highest BCUT2D eigenvalue weighted by Crippen LogP contribution is 2.31. The lowest BCUT2D eigenvalue weighted by Gasteiger charge is -2.05. The van der Waals surface area contributed by atoms with Crippen LogP contribution in [0.1, 0.15) is 5.56 Å². The molecule has 4 aromatic rings. The number of benzene rings is 2. The number of anilines is 1. The van der Waals surface area contributed by atoms with Crippen LogP contribution >= 0.6 is 46.3 Å². The van der Waals surface area contributed by atoms with Crippen molar-refractivity contribution in [2.45, 2.75) is 12.1 Å². The summed E-state index contributed by atoms with van der Waals surface area (Å²) in [4.78, 5) is 27.5. The van der Waals surface area contributed by atoms with E-state index in [1.54, 1.807) is 42.6 Å². The maximum atomic E-state index is 12.4. The van der Waals surface area contributed by atoms with Crippen molar-refractivity contribution in [3.05, 3.63) is 67.5 Å². The lowest BCUT2D eigenvalue weighted by Crippen LogP contribution is -2.16. The van der Waals surface area contributed by atoms with Gasteiger partial charge in [0.05, 0.1) is 21.4 Å². The number of nitrogens with two attached hydrogens (primary N) is 1. The Morgan fingerprint density at radius 3 is 2.79 bits per heavy atom. The molecule has 1 amide bonds. The van der Waals surface area contributed by atoms with Crippen LogP contribution in [-0.2, 0) is 4.79 Å². The normalized spacial score (nSPS) is 10.9. The second-order valence-electron chi connectivity index (χ2n) is 6.93. The molecule has 0 saturated carbocycles. The number of nitrogens with zero attached hydrogens (tertiary/aromatic N) is 5. The predicted octanol–water partition coefficient (Wildman–Crippen LogP) is 5.04. The molecule has 0 atom stereocenters. The molecule has 0 saturated heterocycles. The third kappa shape index (κ3) is 5.14. The van der Waals surface area contributed by atoms with Gasteiger partial charge in [-0.3, -0.25) is 14.9 Å². The van der Waals surface area contributed by atoms with Crippen LogP contribution in [0.15, 0.2) is 46.9 Å². The molecule has 0 fully saturated rings. The number of amides is 1. The number of nitrogen functional groups attached to an aromatic ring is 1. The summed E-state index contributed by atoms with van der Waals surface area (Å²) in [6.45, 7) is 1.67. The maximum absolute atomic E-state index is 12.4. The molecule has 2 aromatic carbocycles. The Hall–Kier alpha value is -3.19. The number of aromatic nitrogens is 4. The minimum atomic E-state index is -0.437. The van der Waals surface area contributed by atoms with Gasteiger partial charge in [0.25, 0.3) is 5.69 Å². The Bertz CT molecular complexity index is 1410. The van der Waals surface area contributed by atoms with E-state index >= 15 is 0 Å². The topological polar surface area (TPSA) is 142 Å². The minimum Gasteiger partial charge on any atom is -0.335 e. The highest BCUT2D eigenvalue weighted by Gasteiger charge is 2.17. The van der Waals surface area contributed by atoms with E-state index in [9.17, 15) is 14.9 Å². The van der Waals surface area contributed by atoms with E-state index in [1.165, 1.54) is 22.1 Å². The van der Waals surface area contributed by atoms with Gasteiger partial charge in [-0.1, -0.05) is 47.1 Å². The zero-order valence-corrected chi connectivity index (χ0v) is 20.5. The minimum absolute atomic E-state index is 0.00853.